The smallest absolute Gasteiger partial charge is 0.303 e. The lowest BCUT2D eigenvalue weighted by molar-refractivity contribution is -0.247. The molecule has 1 aliphatic heterocycles. The zero-order valence-corrected chi connectivity index (χ0v) is 17.2. The summed E-state index contributed by atoms with van der Waals surface area (Å²) in [5.74, 6) is -2.58. The van der Waals surface area contributed by atoms with Crippen LogP contribution in [0.1, 0.15) is 27.7 Å². The number of esters is 4. The molecule has 1 saturated heterocycles. The average Bonchev–Trinajstić information content (AvgIpc) is 2.64. The number of carbonyl (C=O) groups excluding carboxylic acids is 4. The largest absolute Gasteiger partial charge is 0.463 e. The predicted octanol–water partition coefficient (Wildman–Crippen LogP) is 1.18. The zero-order chi connectivity index (χ0) is 22.3. The van der Waals surface area contributed by atoms with E-state index in [0.29, 0.717) is 5.69 Å². The number of nitrogens with one attached hydrogen (secondary N) is 1. The number of benzene rings is 1. The third-order valence-electron chi connectivity index (χ3n) is 4.07. The molecule has 10 nitrogen and oxygen atoms in total. The van der Waals surface area contributed by atoms with Gasteiger partial charge in [0.05, 0.1) is 0 Å². The van der Waals surface area contributed by atoms with Gasteiger partial charge in [0.15, 0.2) is 24.5 Å². The van der Waals surface area contributed by atoms with Crippen LogP contribution in [0.3, 0.4) is 0 Å². The summed E-state index contributed by atoms with van der Waals surface area (Å²) in [4.78, 5) is 46.5. The maximum atomic E-state index is 11.8. The Morgan fingerprint density at radius 2 is 1.33 bits per heavy atom. The van der Waals surface area contributed by atoms with E-state index in [4.69, 9.17) is 23.7 Å². The molecule has 1 aliphatic rings. The molecule has 0 unspecified atom stereocenters. The van der Waals surface area contributed by atoms with Crippen LogP contribution in [0.4, 0.5) is 5.69 Å². The molecule has 164 valence electrons. The summed E-state index contributed by atoms with van der Waals surface area (Å²) in [6.07, 6.45) is -5.51. The molecule has 10 heteroatoms. The first-order chi connectivity index (χ1) is 14.2. The zero-order valence-electron chi connectivity index (χ0n) is 17.2. The van der Waals surface area contributed by atoms with Crippen LogP contribution in [0.5, 0.6) is 0 Å². The number of hydrogen-bond donors (Lipinski definition) is 1. The van der Waals surface area contributed by atoms with Crippen LogP contribution in [0, 0.1) is 0 Å². The van der Waals surface area contributed by atoms with Gasteiger partial charge in [0, 0.05) is 33.4 Å². The van der Waals surface area contributed by atoms with Crippen molar-refractivity contribution >= 4 is 29.6 Å². The molecule has 0 aliphatic carbocycles. The summed E-state index contributed by atoms with van der Waals surface area (Å²) < 4.78 is 27.0. The molecule has 1 aromatic rings. The van der Waals surface area contributed by atoms with Crippen molar-refractivity contribution in [3.05, 3.63) is 30.3 Å². The first-order valence-corrected chi connectivity index (χ1v) is 9.29. The number of carbonyl (C=O) groups is 4. The Labute approximate surface area is 173 Å². The lowest BCUT2D eigenvalue weighted by atomic mass is 9.97. The van der Waals surface area contributed by atoms with Gasteiger partial charge in [0.25, 0.3) is 0 Å². The quantitative estimate of drug-likeness (QED) is 0.504. The van der Waals surface area contributed by atoms with Crippen molar-refractivity contribution in [3.8, 4) is 0 Å². The molecule has 5 atom stereocenters. The van der Waals surface area contributed by atoms with E-state index in [9.17, 15) is 19.2 Å². The van der Waals surface area contributed by atoms with Gasteiger partial charge in [-0.25, -0.2) is 0 Å². The van der Waals surface area contributed by atoms with Gasteiger partial charge in [0.1, 0.15) is 12.7 Å². The fourth-order valence-corrected chi connectivity index (χ4v) is 3.04. The maximum absolute atomic E-state index is 11.8. The van der Waals surface area contributed by atoms with Gasteiger partial charge in [-0.2, -0.15) is 0 Å². The number of para-hydroxylation sites is 1. The normalized spacial score (nSPS) is 25.5. The highest BCUT2D eigenvalue weighted by Gasteiger charge is 2.52. The van der Waals surface area contributed by atoms with Gasteiger partial charge < -0.3 is 29.0 Å². The van der Waals surface area contributed by atoms with Crippen molar-refractivity contribution in [2.24, 2.45) is 0 Å². The van der Waals surface area contributed by atoms with Crippen LogP contribution >= 0.6 is 0 Å². The molecule has 1 N–H and O–H groups in total. The first kappa shape index (κ1) is 23.1. The van der Waals surface area contributed by atoms with Crippen molar-refractivity contribution in [2.45, 2.75) is 58.3 Å². The van der Waals surface area contributed by atoms with E-state index in [2.05, 4.69) is 5.32 Å². The second-order valence-electron chi connectivity index (χ2n) is 6.63. The van der Waals surface area contributed by atoms with Crippen LogP contribution in [0.2, 0.25) is 0 Å². The summed E-state index contributed by atoms with van der Waals surface area (Å²) >= 11 is 0. The Morgan fingerprint density at radius 3 is 1.87 bits per heavy atom. The third kappa shape index (κ3) is 6.73. The fourth-order valence-electron chi connectivity index (χ4n) is 3.04. The minimum atomic E-state index is -1.20. The second-order valence-corrected chi connectivity index (χ2v) is 6.63. The summed E-state index contributed by atoms with van der Waals surface area (Å²) in [5.41, 5.74) is 0.637. The minimum absolute atomic E-state index is 0.273. The predicted molar refractivity (Wildman–Crippen MR) is 102 cm³/mol. The second kappa shape index (κ2) is 10.6. The lowest BCUT2D eigenvalue weighted by Crippen LogP contribution is -2.64. The monoisotopic (exact) mass is 423 g/mol. The molecular weight excluding hydrogens is 398 g/mol. The average molecular weight is 423 g/mol. The number of anilines is 1. The van der Waals surface area contributed by atoms with Crippen LogP contribution in [-0.2, 0) is 42.9 Å². The van der Waals surface area contributed by atoms with Crippen LogP contribution in [-0.4, -0.2) is 61.1 Å². The maximum Gasteiger partial charge on any atom is 0.303 e. The van der Waals surface area contributed by atoms with E-state index in [1.54, 1.807) is 24.3 Å². The third-order valence-corrected chi connectivity index (χ3v) is 4.07. The van der Waals surface area contributed by atoms with Crippen LogP contribution < -0.4 is 5.32 Å². The highest BCUT2D eigenvalue weighted by Crippen LogP contribution is 2.30. The molecular formula is C20H25NO9. The van der Waals surface area contributed by atoms with E-state index in [1.807, 2.05) is 6.07 Å². The first-order valence-electron chi connectivity index (χ1n) is 9.29. The number of hydrogen-bond acceptors (Lipinski definition) is 10. The summed E-state index contributed by atoms with van der Waals surface area (Å²) in [7, 11) is 0. The van der Waals surface area contributed by atoms with Gasteiger partial charge in [-0.3, -0.25) is 19.2 Å². The molecule has 0 amide bonds. The SMILES string of the molecule is CC(=O)OC[C@H]1O[C@@H](Nc2ccccc2)[C@@H](OC(C)=O)[C@@H](OC(C)=O)[C@H]1OC(C)=O. The van der Waals surface area contributed by atoms with E-state index in [1.165, 1.54) is 27.7 Å². The molecule has 30 heavy (non-hydrogen) atoms. The molecule has 1 fully saturated rings. The van der Waals surface area contributed by atoms with Crippen LogP contribution in [0.25, 0.3) is 0 Å². The van der Waals surface area contributed by atoms with E-state index < -0.39 is 54.5 Å². The topological polar surface area (TPSA) is 126 Å². The summed E-state index contributed by atoms with van der Waals surface area (Å²) in [6.45, 7) is 4.48. The number of ether oxygens (including phenoxy) is 5. The molecule has 0 bridgehead atoms. The lowest BCUT2D eigenvalue weighted by Gasteiger charge is -2.44. The van der Waals surface area contributed by atoms with Crippen molar-refractivity contribution in [1.29, 1.82) is 0 Å². The van der Waals surface area contributed by atoms with Crippen molar-refractivity contribution in [3.63, 3.8) is 0 Å². The van der Waals surface area contributed by atoms with Gasteiger partial charge >= 0.3 is 23.9 Å². The highest BCUT2D eigenvalue weighted by molar-refractivity contribution is 5.69. The Bertz CT molecular complexity index is 767. The van der Waals surface area contributed by atoms with Gasteiger partial charge in [-0.15, -0.1) is 0 Å². The minimum Gasteiger partial charge on any atom is -0.463 e. The highest BCUT2D eigenvalue weighted by atomic mass is 16.7. The van der Waals surface area contributed by atoms with Gasteiger partial charge in [-0.1, -0.05) is 18.2 Å². The van der Waals surface area contributed by atoms with Gasteiger partial charge in [0.2, 0.25) is 0 Å². The molecule has 2 rings (SSSR count). The molecule has 1 heterocycles. The Balaban J connectivity index is 2.42. The Morgan fingerprint density at radius 1 is 0.800 bits per heavy atom. The summed E-state index contributed by atoms with van der Waals surface area (Å²) in [5, 5.41) is 3.06. The fraction of sp³-hybridized carbons (Fsp3) is 0.500. The summed E-state index contributed by atoms with van der Waals surface area (Å²) in [6, 6.07) is 8.90. The van der Waals surface area contributed by atoms with Gasteiger partial charge in [-0.05, 0) is 12.1 Å². The van der Waals surface area contributed by atoms with Crippen molar-refractivity contribution in [2.75, 3.05) is 11.9 Å². The molecule has 0 radical (unpaired) electrons. The standard InChI is InChI=1S/C20H25NO9/c1-11(22)26-10-16-17(27-12(2)23)18(28-13(3)24)19(29-14(4)25)20(30-16)21-15-8-6-5-7-9-15/h5-9,16-21H,10H2,1-4H3/t16-,17+,18+,19+,20-/m1/s1. The number of rotatable bonds is 7. The van der Waals surface area contributed by atoms with E-state index >= 15 is 0 Å². The Kier molecular flexibility index (Phi) is 8.16. The molecule has 0 spiro atoms. The van der Waals surface area contributed by atoms with Crippen LogP contribution in [0.15, 0.2) is 30.3 Å². The Hall–Kier alpha value is -3.14. The van der Waals surface area contributed by atoms with E-state index in [-0.39, 0.29) is 6.61 Å². The van der Waals surface area contributed by atoms with E-state index in [0.717, 1.165) is 0 Å². The molecule has 0 aromatic heterocycles. The molecule has 0 saturated carbocycles. The van der Waals surface area contributed by atoms with Crippen molar-refractivity contribution in [1.82, 2.24) is 0 Å². The van der Waals surface area contributed by atoms with Crippen molar-refractivity contribution < 1.29 is 42.9 Å². The molecule has 1 aromatic carbocycles.